The van der Waals surface area contributed by atoms with Gasteiger partial charge in [-0.2, -0.15) is 5.10 Å². The maximum absolute atomic E-state index is 12.6. The minimum atomic E-state index is -0.168. The Labute approximate surface area is 188 Å². The Morgan fingerprint density at radius 3 is 2.42 bits per heavy atom. The van der Waals surface area contributed by atoms with Crippen molar-refractivity contribution in [2.24, 2.45) is 0 Å². The molecule has 2 amide bonds. The van der Waals surface area contributed by atoms with Gasteiger partial charge in [0.05, 0.1) is 17.1 Å². The fourth-order valence-corrected chi connectivity index (χ4v) is 4.52. The lowest BCUT2D eigenvalue weighted by Gasteiger charge is -2.06. The Morgan fingerprint density at radius 1 is 1.00 bits per heavy atom. The van der Waals surface area contributed by atoms with Crippen molar-refractivity contribution in [3.63, 3.8) is 0 Å². The van der Waals surface area contributed by atoms with Crippen LogP contribution in [0, 0.1) is 6.92 Å². The van der Waals surface area contributed by atoms with Gasteiger partial charge in [0.15, 0.2) is 0 Å². The van der Waals surface area contributed by atoms with Crippen molar-refractivity contribution >= 4 is 45.0 Å². The van der Waals surface area contributed by atoms with E-state index in [9.17, 15) is 9.59 Å². The molecule has 8 heteroatoms. The lowest BCUT2D eigenvalue weighted by molar-refractivity contribution is 0.0929. The molecule has 31 heavy (non-hydrogen) atoms. The Kier molecular flexibility index (Phi) is 6.34. The highest BCUT2D eigenvalue weighted by molar-refractivity contribution is 7.20. The molecule has 2 N–H and O–H groups in total. The van der Waals surface area contributed by atoms with E-state index in [0.717, 1.165) is 21.5 Å². The Hall–Kier alpha value is -3.16. The van der Waals surface area contributed by atoms with Crippen LogP contribution in [0.4, 0.5) is 0 Å². The first kappa shape index (κ1) is 21.1. The van der Waals surface area contributed by atoms with Crippen molar-refractivity contribution in [2.45, 2.75) is 13.5 Å². The zero-order chi connectivity index (χ0) is 21.8. The van der Waals surface area contributed by atoms with Crippen molar-refractivity contribution in [1.29, 1.82) is 0 Å². The highest BCUT2D eigenvalue weighted by atomic mass is 35.5. The van der Waals surface area contributed by atoms with Gasteiger partial charge in [0.1, 0.15) is 4.83 Å². The number of aryl methyl sites for hydroxylation is 1. The molecule has 2 aromatic heterocycles. The molecule has 0 atom stereocenters. The van der Waals surface area contributed by atoms with Crippen LogP contribution in [0.2, 0.25) is 5.02 Å². The van der Waals surface area contributed by atoms with Gasteiger partial charge >= 0.3 is 0 Å². The summed E-state index contributed by atoms with van der Waals surface area (Å²) in [6, 6.07) is 18.5. The standard InChI is InChI=1S/C23H21ClN4O2S/c1-15-18-13-20(22(30)26-12-11-25-21(29)16-7-3-2-4-8-16)31-23(18)28(27-15)14-17-9-5-6-10-19(17)24/h2-10,13H,11-12,14H2,1H3,(H,25,29)(H,26,30). The van der Waals surface area contributed by atoms with Gasteiger partial charge in [-0.25, -0.2) is 0 Å². The first-order valence-corrected chi connectivity index (χ1v) is 11.0. The summed E-state index contributed by atoms with van der Waals surface area (Å²) >= 11 is 7.69. The van der Waals surface area contributed by atoms with Gasteiger partial charge in [-0.3, -0.25) is 14.3 Å². The highest BCUT2D eigenvalue weighted by Crippen LogP contribution is 2.29. The predicted molar refractivity (Wildman–Crippen MR) is 124 cm³/mol. The lowest BCUT2D eigenvalue weighted by atomic mass is 10.2. The van der Waals surface area contributed by atoms with Crippen LogP contribution in [0.25, 0.3) is 10.2 Å². The molecule has 6 nitrogen and oxygen atoms in total. The lowest BCUT2D eigenvalue weighted by Crippen LogP contribution is -2.34. The molecule has 158 valence electrons. The molecule has 0 saturated carbocycles. The molecule has 0 spiro atoms. The van der Waals surface area contributed by atoms with Crippen molar-refractivity contribution in [2.75, 3.05) is 13.1 Å². The van der Waals surface area contributed by atoms with Crippen LogP contribution in [-0.4, -0.2) is 34.7 Å². The van der Waals surface area contributed by atoms with E-state index in [4.69, 9.17) is 11.6 Å². The minimum absolute atomic E-state index is 0.160. The van der Waals surface area contributed by atoms with E-state index in [1.54, 1.807) is 12.1 Å². The molecule has 0 unspecified atom stereocenters. The summed E-state index contributed by atoms with van der Waals surface area (Å²) in [7, 11) is 0. The molecule has 0 fully saturated rings. The number of hydrogen-bond donors (Lipinski definition) is 2. The summed E-state index contributed by atoms with van der Waals surface area (Å²) in [6.45, 7) is 3.16. The van der Waals surface area contributed by atoms with Gasteiger partial charge in [0.2, 0.25) is 0 Å². The van der Waals surface area contributed by atoms with Crippen LogP contribution < -0.4 is 10.6 Å². The van der Waals surface area contributed by atoms with E-state index in [1.807, 2.05) is 60.1 Å². The molecule has 4 aromatic rings. The van der Waals surface area contributed by atoms with E-state index < -0.39 is 0 Å². The van der Waals surface area contributed by atoms with Gasteiger partial charge in [0, 0.05) is 29.1 Å². The predicted octanol–water partition coefficient (Wildman–Crippen LogP) is 4.27. The molecule has 0 bridgehead atoms. The second-order valence-corrected chi connectivity index (χ2v) is 8.48. The molecule has 0 aliphatic heterocycles. The average Bonchev–Trinajstić information content (AvgIpc) is 3.34. The van der Waals surface area contributed by atoms with E-state index in [0.29, 0.717) is 35.1 Å². The van der Waals surface area contributed by atoms with Crippen LogP contribution in [0.1, 0.15) is 31.3 Å². The molecule has 0 aliphatic carbocycles. The second-order valence-electron chi connectivity index (χ2n) is 7.04. The second kappa shape index (κ2) is 9.32. The number of fused-ring (bicyclic) bond motifs is 1. The van der Waals surface area contributed by atoms with Gasteiger partial charge in [0.25, 0.3) is 11.8 Å². The number of halogens is 1. The molecular formula is C23H21ClN4O2S. The van der Waals surface area contributed by atoms with Crippen LogP contribution >= 0.6 is 22.9 Å². The van der Waals surface area contributed by atoms with Gasteiger partial charge in [-0.1, -0.05) is 48.0 Å². The van der Waals surface area contributed by atoms with Gasteiger partial charge in [-0.05, 0) is 36.8 Å². The fourth-order valence-electron chi connectivity index (χ4n) is 3.25. The molecular weight excluding hydrogens is 432 g/mol. The molecule has 0 aliphatic rings. The largest absolute Gasteiger partial charge is 0.350 e. The molecule has 2 heterocycles. The third-order valence-electron chi connectivity index (χ3n) is 4.84. The number of nitrogens with zero attached hydrogens (tertiary/aromatic N) is 2. The zero-order valence-electron chi connectivity index (χ0n) is 16.9. The average molecular weight is 453 g/mol. The van der Waals surface area contributed by atoms with Crippen LogP contribution in [-0.2, 0) is 6.54 Å². The van der Waals surface area contributed by atoms with E-state index in [-0.39, 0.29) is 11.8 Å². The number of carbonyl (C=O) groups excluding carboxylic acids is 2. The summed E-state index contributed by atoms with van der Waals surface area (Å²) < 4.78 is 1.88. The SMILES string of the molecule is Cc1nn(Cc2ccccc2Cl)c2sc(C(=O)NCCNC(=O)c3ccccc3)cc12. The topological polar surface area (TPSA) is 76.0 Å². The third kappa shape index (κ3) is 4.78. The summed E-state index contributed by atoms with van der Waals surface area (Å²) in [5, 5.41) is 11.9. The number of benzene rings is 2. The Balaban J connectivity index is 1.38. The molecule has 0 radical (unpaired) electrons. The normalized spacial score (nSPS) is 10.9. The quantitative estimate of drug-likeness (QED) is 0.411. The van der Waals surface area contributed by atoms with Crippen LogP contribution in [0.3, 0.4) is 0 Å². The number of hydrogen-bond acceptors (Lipinski definition) is 4. The summed E-state index contributed by atoms with van der Waals surface area (Å²) in [5.74, 6) is -0.328. The molecule has 2 aromatic carbocycles. The van der Waals surface area contributed by atoms with E-state index in [2.05, 4.69) is 15.7 Å². The number of amides is 2. The summed E-state index contributed by atoms with van der Waals surface area (Å²) in [4.78, 5) is 26.2. The van der Waals surface area contributed by atoms with Crippen molar-refractivity contribution in [3.05, 3.63) is 87.4 Å². The number of rotatable bonds is 7. The number of thiophene rings is 1. The van der Waals surface area contributed by atoms with Gasteiger partial charge in [-0.15, -0.1) is 11.3 Å². The van der Waals surface area contributed by atoms with E-state index >= 15 is 0 Å². The number of aromatic nitrogens is 2. The summed E-state index contributed by atoms with van der Waals surface area (Å²) in [6.07, 6.45) is 0. The first-order valence-electron chi connectivity index (χ1n) is 9.84. The van der Waals surface area contributed by atoms with Crippen LogP contribution in [0.15, 0.2) is 60.7 Å². The first-order chi connectivity index (χ1) is 15.0. The van der Waals surface area contributed by atoms with E-state index in [1.165, 1.54) is 11.3 Å². The van der Waals surface area contributed by atoms with Crippen molar-refractivity contribution in [1.82, 2.24) is 20.4 Å². The monoisotopic (exact) mass is 452 g/mol. The highest BCUT2D eigenvalue weighted by Gasteiger charge is 2.17. The minimum Gasteiger partial charge on any atom is -0.350 e. The van der Waals surface area contributed by atoms with Crippen molar-refractivity contribution < 1.29 is 9.59 Å². The van der Waals surface area contributed by atoms with Gasteiger partial charge < -0.3 is 10.6 Å². The Bertz CT molecular complexity index is 1230. The number of carbonyl (C=O) groups is 2. The third-order valence-corrected chi connectivity index (χ3v) is 6.36. The smallest absolute Gasteiger partial charge is 0.261 e. The Morgan fingerprint density at radius 2 is 1.68 bits per heavy atom. The maximum Gasteiger partial charge on any atom is 0.261 e. The number of nitrogens with one attached hydrogen (secondary N) is 2. The fraction of sp³-hybridized carbons (Fsp3) is 0.174. The van der Waals surface area contributed by atoms with Crippen LogP contribution in [0.5, 0.6) is 0 Å². The summed E-state index contributed by atoms with van der Waals surface area (Å²) in [5.41, 5.74) is 2.44. The van der Waals surface area contributed by atoms with Crippen molar-refractivity contribution in [3.8, 4) is 0 Å². The maximum atomic E-state index is 12.6. The molecule has 0 saturated heterocycles. The molecule has 4 rings (SSSR count). The zero-order valence-corrected chi connectivity index (χ0v) is 18.5.